The lowest BCUT2D eigenvalue weighted by Gasteiger charge is -2.32. The Hall–Kier alpha value is -1.23. The zero-order valence-corrected chi connectivity index (χ0v) is 12.3. The molecule has 5 heteroatoms. The van der Waals surface area contributed by atoms with Crippen LogP contribution < -0.4 is 10.2 Å². The maximum atomic E-state index is 4.69. The van der Waals surface area contributed by atoms with E-state index in [0.29, 0.717) is 6.04 Å². The van der Waals surface area contributed by atoms with E-state index in [1.807, 2.05) is 0 Å². The van der Waals surface area contributed by atoms with Gasteiger partial charge in [0, 0.05) is 19.1 Å². The van der Waals surface area contributed by atoms with Crippen LogP contribution in [0.2, 0.25) is 0 Å². The molecule has 5 nitrogen and oxygen atoms in total. The minimum absolute atomic E-state index is 0.648. The largest absolute Gasteiger partial charge is 0.339 e. The van der Waals surface area contributed by atoms with Gasteiger partial charge in [-0.05, 0) is 32.2 Å². The average molecular weight is 263 g/mol. The number of rotatable bonds is 5. The van der Waals surface area contributed by atoms with Gasteiger partial charge in [-0.15, -0.1) is 5.10 Å². The highest BCUT2D eigenvalue weighted by molar-refractivity contribution is 5.31. The summed E-state index contributed by atoms with van der Waals surface area (Å²) >= 11 is 0. The molecule has 1 aliphatic heterocycles. The molecule has 2 rings (SSSR count). The van der Waals surface area contributed by atoms with E-state index in [2.05, 4.69) is 46.2 Å². The van der Waals surface area contributed by atoms with Crippen molar-refractivity contribution in [2.75, 3.05) is 24.5 Å². The first-order chi connectivity index (χ1) is 9.28. The Morgan fingerprint density at radius 1 is 1.05 bits per heavy atom. The van der Waals surface area contributed by atoms with Crippen molar-refractivity contribution in [3.8, 4) is 0 Å². The molecule has 1 aromatic rings. The molecule has 1 N–H and O–H groups in total. The number of nitrogens with zero attached hydrogens (tertiary/aromatic N) is 4. The molecule has 0 saturated carbocycles. The van der Waals surface area contributed by atoms with Crippen LogP contribution in [0.4, 0.5) is 5.95 Å². The second kappa shape index (κ2) is 6.80. The van der Waals surface area contributed by atoms with Crippen LogP contribution in [0.25, 0.3) is 0 Å². The number of hydrogen-bond acceptors (Lipinski definition) is 5. The highest BCUT2D eigenvalue weighted by Crippen LogP contribution is 2.17. The molecule has 0 atom stereocenters. The van der Waals surface area contributed by atoms with Crippen molar-refractivity contribution < 1.29 is 0 Å². The summed E-state index contributed by atoms with van der Waals surface area (Å²) < 4.78 is 0. The smallest absolute Gasteiger partial charge is 0.245 e. The second-order valence-corrected chi connectivity index (χ2v) is 5.03. The molecule has 19 heavy (non-hydrogen) atoms. The lowest BCUT2D eigenvalue weighted by atomic mass is 10.1. The maximum absolute atomic E-state index is 4.69. The van der Waals surface area contributed by atoms with Crippen LogP contribution in [0, 0.1) is 0 Å². The van der Waals surface area contributed by atoms with Crippen molar-refractivity contribution >= 4 is 5.95 Å². The Kier molecular flexibility index (Phi) is 5.07. The maximum Gasteiger partial charge on any atom is 0.245 e. The molecule has 0 amide bonds. The van der Waals surface area contributed by atoms with Crippen LogP contribution in [0.3, 0.4) is 0 Å². The zero-order chi connectivity index (χ0) is 13.7. The van der Waals surface area contributed by atoms with Crippen molar-refractivity contribution in [3.63, 3.8) is 0 Å². The summed E-state index contributed by atoms with van der Waals surface area (Å²) in [5.41, 5.74) is 2.13. The first-order valence-corrected chi connectivity index (χ1v) is 7.49. The van der Waals surface area contributed by atoms with Crippen molar-refractivity contribution in [2.24, 2.45) is 0 Å². The molecule has 0 aromatic carbocycles. The quantitative estimate of drug-likeness (QED) is 0.874. The highest BCUT2D eigenvalue weighted by atomic mass is 15.3. The van der Waals surface area contributed by atoms with Gasteiger partial charge in [0.2, 0.25) is 5.95 Å². The van der Waals surface area contributed by atoms with Gasteiger partial charge < -0.3 is 10.2 Å². The van der Waals surface area contributed by atoms with Gasteiger partial charge in [-0.25, -0.2) is 4.98 Å². The first kappa shape index (κ1) is 14.2. The molecule has 2 heterocycles. The normalized spacial score (nSPS) is 16.9. The third-order valence-electron chi connectivity index (χ3n) is 3.77. The summed E-state index contributed by atoms with van der Waals surface area (Å²) in [5.74, 6) is 0.809. The van der Waals surface area contributed by atoms with E-state index in [4.69, 9.17) is 0 Å². The van der Waals surface area contributed by atoms with Gasteiger partial charge in [-0.1, -0.05) is 20.8 Å². The molecule has 1 saturated heterocycles. The molecule has 106 valence electrons. The minimum Gasteiger partial charge on any atom is -0.339 e. The van der Waals surface area contributed by atoms with E-state index in [-0.39, 0.29) is 0 Å². The predicted octanol–water partition coefficient (Wildman–Crippen LogP) is 1.57. The van der Waals surface area contributed by atoms with E-state index >= 15 is 0 Å². The summed E-state index contributed by atoms with van der Waals surface area (Å²) in [7, 11) is 0. The van der Waals surface area contributed by atoms with Crippen molar-refractivity contribution in [3.05, 3.63) is 11.4 Å². The molecule has 1 fully saturated rings. The molecule has 0 bridgehead atoms. The second-order valence-electron chi connectivity index (χ2n) is 5.03. The van der Waals surface area contributed by atoms with E-state index in [1.54, 1.807) is 0 Å². The van der Waals surface area contributed by atoms with Gasteiger partial charge in [0.05, 0.1) is 11.4 Å². The molecule has 0 unspecified atom stereocenters. The minimum atomic E-state index is 0.648. The van der Waals surface area contributed by atoms with Gasteiger partial charge in [-0.2, -0.15) is 5.10 Å². The first-order valence-electron chi connectivity index (χ1n) is 7.49. The summed E-state index contributed by atoms with van der Waals surface area (Å²) in [4.78, 5) is 6.95. The third kappa shape index (κ3) is 3.41. The Labute approximate surface area is 115 Å². The van der Waals surface area contributed by atoms with Crippen LogP contribution in [0.15, 0.2) is 0 Å². The van der Waals surface area contributed by atoms with Crippen molar-refractivity contribution in [1.82, 2.24) is 20.5 Å². The Balaban J connectivity index is 2.03. The lowest BCUT2D eigenvalue weighted by Crippen LogP contribution is -2.43. The summed E-state index contributed by atoms with van der Waals surface area (Å²) in [6.07, 6.45) is 4.16. The molecule has 0 radical (unpaired) electrons. The number of hydrogen-bond donors (Lipinski definition) is 1. The number of anilines is 1. The fraction of sp³-hybridized carbons (Fsp3) is 0.786. The average Bonchev–Trinajstić information content (AvgIpc) is 2.47. The molecule has 0 spiro atoms. The van der Waals surface area contributed by atoms with Crippen molar-refractivity contribution in [1.29, 1.82) is 0 Å². The van der Waals surface area contributed by atoms with Crippen LogP contribution >= 0.6 is 0 Å². The number of nitrogens with one attached hydrogen (secondary N) is 1. The number of piperidine rings is 1. The predicted molar refractivity (Wildman–Crippen MR) is 77.5 cm³/mol. The molecule has 0 aliphatic carbocycles. The fourth-order valence-electron chi connectivity index (χ4n) is 2.63. The van der Waals surface area contributed by atoms with E-state index in [9.17, 15) is 0 Å². The third-order valence-corrected chi connectivity index (χ3v) is 3.77. The zero-order valence-electron chi connectivity index (χ0n) is 12.3. The van der Waals surface area contributed by atoms with E-state index in [1.165, 1.54) is 0 Å². The molecular formula is C14H25N5. The molecular weight excluding hydrogens is 238 g/mol. The molecule has 1 aliphatic rings. The lowest BCUT2D eigenvalue weighted by molar-refractivity contribution is 0.420. The monoisotopic (exact) mass is 263 g/mol. The van der Waals surface area contributed by atoms with Crippen LogP contribution in [0.1, 0.15) is 45.0 Å². The SMILES string of the molecule is CCNC1CCN(c2nnc(CC)c(CC)n2)CC1. The van der Waals surface area contributed by atoms with Crippen molar-refractivity contribution in [2.45, 2.75) is 52.5 Å². The topological polar surface area (TPSA) is 53.9 Å². The van der Waals surface area contributed by atoms with E-state index in [0.717, 1.165) is 62.7 Å². The highest BCUT2D eigenvalue weighted by Gasteiger charge is 2.21. The number of aryl methyl sites for hydroxylation is 2. The van der Waals surface area contributed by atoms with Crippen LogP contribution in [-0.4, -0.2) is 40.9 Å². The molecule has 1 aromatic heterocycles. The van der Waals surface area contributed by atoms with Crippen LogP contribution in [-0.2, 0) is 12.8 Å². The van der Waals surface area contributed by atoms with Gasteiger partial charge in [-0.3, -0.25) is 0 Å². The Bertz CT molecular complexity index is 399. The van der Waals surface area contributed by atoms with Gasteiger partial charge in [0.1, 0.15) is 0 Å². The van der Waals surface area contributed by atoms with Gasteiger partial charge >= 0.3 is 0 Å². The number of aromatic nitrogens is 3. The van der Waals surface area contributed by atoms with Crippen LogP contribution in [0.5, 0.6) is 0 Å². The standard InChI is InChI=1S/C14H25N5/c1-4-12-13(5-2)17-18-14(16-12)19-9-7-11(8-10-19)15-6-3/h11,15H,4-10H2,1-3H3. The van der Waals surface area contributed by atoms with E-state index < -0.39 is 0 Å². The fourth-order valence-corrected chi connectivity index (χ4v) is 2.63. The summed E-state index contributed by atoms with van der Waals surface area (Å²) in [5, 5.41) is 12.1. The Morgan fingerprint density at radius 3 is 2.32 bits per heavy atom. The summed E-state index contributed by atoms with van der Waals surface area (Å²) in [6, 6.07) is 0.648. The Morgan fingerprint density at radius 2 is 1.74 bits per heavy atom. The summed E-state index contributed by atoms with van der Waals surface area (Å²) in [6.45, 7) is 9.49. The van der Waals surface area contributed by atoms with Gasteiger partial charge in [0.15, 0.2) is 0 Å². The van der Waals surface area contributed by atoms with Gasteiger partial charge in [0.25, 0.3) is 0 Å².